The van der Waals surface area contributed by atoms with E-state index in [2.05, 4.69) is 89.8 Å². The monoisotopic (exact) mass is 285 g/mol. The van der Waals surface area contributed by atoms with Crippen LogP contribution in [0.3, 0.4) is 0 Å². The summed E-state index contributed by atoms with van der Waals surface area (Å²) < 4.78 is 0. The molecule has 1 nitrogen and oxygen atoms in total. The van der Waals surface area contributed by atoms with Crippen molar-refractivity contribution < 1.29 is 0 Å². The molecule has 1 aliphatic rings. The largest absolute Gasteiger partial charge is 0.337 e. The molecule has 3 aromatic carbocycles. The fourth-order valence-electron chi connectivity index (χ4n) is 3.45. The normalized spacial score (nSPS) is 16.5. The molecule has 0 spiro atoms. The second-order valence-corrected chi connectivity index (χ2v) is 5.88. The van der Waals surface area contributed by atoms with Crippen molar-refractivity contribution in [2.45, 2.75) is 18.9 Å². The van der Waals surface area contributed by atoms with E-state index in [0.717, 1.165) is 12.8 Å². The van der Waals surface area contributed by atoms with Crippen molar-refractivity contribution in [1.82, 2.24) is 0 Å². The second-order valence-electron chi connectivity index (χ2n) is 5.88. The van der Waals surface area contributed by atoms with E-state index in [1.165, 1.54) is 22.5 Å². The maximum Gasteiger partial charge on any atom is 0.0446 e. The number of rotatable bonds is 3. The van der Waals surface area contributed by atoms with Crippen LogP contribution in [0, 0.1) is 0 Å². The summed E-state index contributed by atoms with van der Waals surface area (Å²) in [4.78, 5) is 2.50. The van der Waals surface area contributed by atoms with Gasteiger partial charge in [-0.15, -0.1) is 0 Å². The van der Waals surface area contributed by atoms with Gasteiger partial charge in [0.05, 0.1) is 0 Å². The molecule has 108 valence electrons. The van der Waals surface area contributed by atoms with Crippen LogP contribution in [0.2, 0.25) is 0 Å². The van der Waals surface area contributed by atoms with E-state index in [1.807, 2.05) is 0 Å². The summed E-state index contributed by atoms with van der Waals surface area (Å²) in [5.41, 5.74) is 5.50. The van der Waals surface area contributed by atoms with Crippen molar-refractivity contribution in [3.05, 3.63) is 96.1 Å². The topological polar surface area (TPSA) is 3.24 Å². The van der Waals surface area contributed by atoms with Crippen molar-refractivity contribution >= 4 is 11.4 Å². The molecule has 0 aromatic heterocycles. The van der Waals surface area contributed by atoms with Gasteiger partial charge in [-0.1, -0.05) is 66.7 Å². The van der Waals surface area contributed by atoms with Gasteiger partial charge in [-0.25, -0.2) is 0 Å². The Kier molecular flexibility index (Phi) is 3.40. The summed E-state index contributed by atoms with van der Waals surface area (Å²) in [6.45, 7) is 0. The van der Waals surface area contributed by atoms with Crippen LogP contribution in [0.5, 0.6) is 0 Å². The molecule has 0 N–H and O–H groups in total. The lowest BCUT2D eigenvalue weighted by Gasteiger charge is -2.28. The third-order valence-electron chi connectivity index (χ3n) is 4.42. The molecule has 0 radical (unpaired) electrons. The minimum absolute atomic E-state index is 0.488. The van der Waals surface area contributed by atoms with Gasteiger partial charge in [-0.3, -0.25) is 0 Å². The highest BCUT2D eigenvalue weighted by molar-refractivity contribution is 5.71. The van der Waals surface area contributed by atoms with Crippen LogP contribution >= 0.6 is 0 Å². The predicted octanol–water partition coefficient (Wildman–Crippen LogP) is 4.99. The maximum atomic E-state index is 2.50. The first-order valence-electron chi connectivity index (χ1n) is 7.88. The summed E-state index contributed by atoms with van der Waals surface area (Å²) in [5.74, 6) is 0. The highest BCUT2D eigenvalue weighted by Gasteiger charge is 2.29. The second kappa shape index (κ2) is 5.69. The van der Waals surface area contributed by atoms with Crippen LogP contribution in [0.15, 0.2) is 84.9 Å². The summed E-state index contributed by atoms with van der Waals surface area (Å²) >= 11 is 0. The van der Waals surface area contributed by atoms with Gasteiger partial charge in [0.25, 0.3) is 0 Å². The minimum Gasteiger partial charge on any atom is -0.337 e. The molecule has 0 bridgehead atoms. The van der Waals surface area contributed by atoms with E-state index in [-0.39, 0.29) is 0 Å². The van der Waals surface area contributed by atoms with Gasteiger partial charge >= 0.3 is 0 Å². The number of benzene rings is 3. The van der Waals surface area contributed by atoms with Gasteiger partial charge in [0.1, 0.15) is 0 Å². The summed E-state index contributed by atoms with van der Waals surface area (Å²) in [5, 5.41) is 0. The number of nitrogens with zero attached hydrogens (tertiary/aromatic N) is 1. The van der Waals surface area contributed by atoms with Gasteiger partial charge in [0.15, 0.2) is 0 Å². The summed E-state index contributed by atoms with van der Waals surface area (Å²) in [7, 11) is 0. The lowest BCUT2D eigenvalue weighted by Crippen LogP contribution is -2.29. The number of hydrogen-bond donors (Lipinski definition) is 0. The first-order valence-corrected chi connectivity index (χ1v) is 7.88. The van der Waals surface area contributed by atoms with Crippen molar-refractivity contribution in [2.75, 3.05) is 4.90 Å². The third kappa shape index (κ3) is 2.39. The maximum absolute atomic E-state index is 2.50. The number of anilines is 2. The molecule has 1 atom stereocenters. The summed E-state index contributed by atoms with van der Waals surface area (Å²) in [6, 6.07) is 30.8. The number of hydrogen-bond acceptors (Lipinski definition) is 1. The molecule has 0 saturated heterocycles. The average molecular weight is 285 g/mol. The molecule has 22 heavy (non-hydrogen) atoms. The molecule has 1 heterocycles. The van der Waals surface area contributed by atoms with Gasteiger partial charge in [0, 0.05) is 17.4 Å². The molecule has 1 heteroatoms. The van der Waals surface area contributed by atoms with E-state index in [0.29, 0.717) is 6.04 Å². The Labute approximate surface area is 131 Å². The van der Waals surface area contributed by atoms with Gasteiger partial charge < -0.3 is 4.90 Å². The number of fused-ring (bicyclic) bond motifs is 1. The fourth-order valence-corrected chi connectivity index (χ4v) is 3.45. The van der Waals surface area contributed by atoms with Crippen LogP contribution in [-0.4, -0.2) is 6.04 Å². The Morgan fingerprint density at radius 3 is 2.14 bits per heavy atom. The van der Waals surface area contributed by atoms with Crippen molar-refractivity contribution in [2.24, 2.45) is 0 Å². The SMILES string of the molecule is c1ccc(CC2Cc3ccccc3N2c2ccccc2)cc1. The molecule has 0 aliphatic carbocycles. The molecule has 3 aromatic rings. The van der Waals surface area contributed by atoms with E-state index < -0.39 is 0 Å². The Morgan fingerprint density at radius 2 is 1.36 bits per heavy atom. The van der Waals surface area contributed by atoms with Crippen LogP contribution < -0.4 is 4.90 Å². The molecule has 0 fully saturated rings. The van der Waals surface area contributed by atoms with Crippen LogP contribution in [-0.2, 0) is 12.8 Å². The van der Waals surface area contributed by atoms with Crippen LogP contribution in [0.4, 0.5) is 11.4 Å². The smallest absolute Gasteiger partial charge is 0.0446 e. The molecule has 0 amide bonds. The first-order chi connectivity index (χ1) is 10.9. The third-order valence-corrected chi connectivity index (χ3v) is 4.42. The molecular formula is C21H19N. The molecule has 0 saturated carbocycles. The molecule has 4 rings (SSSR count). The minimum atomic E-state index is 0.488. The molecule has 1 aliphatic heterocycles. The van der Waals surface area contributed by atoms with E-state index >= 15 is 0 Å². The highest BCUT2D eigenvalue weighted by Crippen LogP contribution is 2.39. The van der Waals surface area contributed by atoms with Crippen molar-refractivity contribution in [3.8, 4) is 0 Å². The summed E-state index contributed by atoms with van der Waals surface area (Å²) in [6.07, 6.45) is 2.18. The van der Waals surface area contributed by atoms with Gasteiger partial charge in [-0.2, -0.15) is 0 Å². The van der Waals surface area contributed by atoms with Crippen molar-refractivity contribution in [1.29, 1.82) is 0 Å². The Morgan fingerprint density at radius 1 is 0.727 bits per heavy atom. The van der Waals surface area contributed by atoms with Crippen molar-refractivity contribution in [3.63, 3.8) is 0 Å². The van der Waals surface area contributed by atoms with E-state index in [1.54, 1.807) is 0 Å². The Bertz CT molecular complexity index is 749. The molecular weight excluding hydrogens is 266 g/mol. The zero-order valence-electron chi connectivity index (χ0n) is 12.5. The average Bonchev–Trinajstić information content (AvgIpc) is 2.94. The van der Waals surface area contributed by atoms with E-state index in [4.69, 9.17) is 0 Å². The predicted molar refractivity (Wildman–Crippen MR) is 92.7 cm³/mol. The first kappa shape index (κ1) is 13.1. The fraction of sp³-hybridized carbons (Fsp3) is 0.143. The lowest BCUT2D eigenvalue weighted by molar-refractivity contribution is 0.682. The molecule has 1 unspecified atom stereocenters. The Balaban J connectivity index is 1.72. The van der Waals surface area contributed by atoms with E-state index in [9.17, 15) is 0 Å². The van der Waals surface area contributed by atoms with Crippen LogP contribution in [0.1, 0.15) is 11.1 Å². The Hall–Kier alpha value is -2.54. The van der Waals surface area contributed by atoms with Crippen LogP contribution in [0.25, 0.3) is 0 Å². The highest BCUT2D eigenvalue weighted by atomic mass is 15.2. The standard InChI is InChI=1S/C21H19N/c1-3-9-17(10-4-1)15-20-16-18-11-7-8-14-21(18)22(20)19-12-5-2-6-13-19/h1-14,20H,15-16H2. The van der Waals surface area contributed by atoms with Gasteiger partial charge in [0.2, 0.25) is 0 Å². The van der Waals surface area contributed by atoms with Gasteiger partial charge in [-0.05, 0) is 42.2 Å². The number of para-hydroxylation sites is 2. The quantitative estimate of drug-likeness (QED) is 0.655. The zero-order chi connectivity index (χ0) is 14.8. The lowest BCUT2D eigenvalue weighted by atomic mass is 10.0. The zero-order valence-corrected chi connectivity index (χ0v) is 12.5.